The van der Waals surface area contributed by atoms with Crippen LogP contribution in [0.3, 0.4) is 0 Å². The molecular formula is C22H18ClN3O4S. The van der Waals surface area contributed by atoms with E-state index in [1.165, 1.54) is 29.4 Å². The molecule has 1 aliphatic rings. The van der Waals surface area contributed by atoms with Gasteiger partial charge in [0.05, 0.1) is 30.0 Å². The van der Waals surface area contributed by atoms with Crippen LogP contribution in [0.4, 0.5) is 5.13 Å². The van der Waals surface area contributed by atoms with Gasteiger partial charge in [-0.2, -0.15) is 0 Å². The van der Waals surface area contributed by atoms with Crippen molar-refractivity contribution in [2.24, 2.45) is 0 Å². The minimum atomic E-state index is -0.901. The summed E-state index contributed by atoms with van der Waals surface area (Å²) in [6, 6.07) is 7.22. The zero-order valence-electron chi connectivity index (χ0n) is 16.9. The lowest BCUT2D eigenvalue weighted by atomic mass is 9.96. The maximum Gasteiger partial charge on any atom is 0.301 e. The third-order valence-electron chi connectivity index (χ3n) is 5.08. The van der Waals surface area contributed by atoms with E-state index in [1.807, 2.05) is 13.8 Å². The molecule has 0 spiro atoms. The number of carbonyl (C=O) groups excluding carboxylic acids is 2. The van der Waals surface area contributed by atoms with Crippen molar-refractivity contribution in [3.05, 3.63) is 75.0 Å². The van der Waals surface area contributed by atoms with E-state index >= 15 is 0 Å². The van der Waals surface area contributed by atoms with Gasteiger partial charge in [-0.1, -0.05) is 17.7 Å². The number of Topliss-reactive ketones (excluding diaryl/α,β-unsaturated/α-hetero) is 1. The Labute approximate surface area is 187 Å². The summed E-state index contributed by atoms with van der Waals surface area (Å²) >= 11 is 7.42. The van der Waals surface area contributed by atoms with Crippen molar-refractivity contribution in [3.63, 3.8) is 0 Å². The first kappa shape index (κ1) is 21.0. The molecule has 1 N–H and O–H groups in total. The molecule has 0 unspecified atom stereocenters. The Morgan fingerprint density at radius 3 is 2.65 bits per heavy atom. The van der Waals surface area contributed by atoms with Gasteiger partial charge in [-0.15, -0.1) is 11.3 Å². The predicted molar refractivity (Wildman–Crippen MR) is 119 cm³/mol. The standard InChI is InChI=1S/C22H18ClN3O4S/c1-11-12(2)31-22(25-11)26-18(13-5-4-8-24-10-13)17(20(28)21(26)29)19(27)15-9-14(23)6-7-16(15)30-3/h4-10,18,27H,1-3H3/b19-17+/t18-/m0/s1. The van der Waals surface area contributed by atoms with E-state index in [-0.39, 0.29) is 16.9 Å². The summed E-state index contributed by atoms with van der Waals surface area (Å²) in [7, 11) is 1.44. The van der Waals surface area contributed by atoms with Crippen LogP contribution in [0, 0.1) is 13.8 Å². The number of rotatable bonds is 4. The number of aromatic nitrogens is 2. The van der Waals surface area contributed by atoms with Gasteiger partial charge in [-0.25, -0.2) is 4.98 Å². The highest BCUT2D eigenvalue weighted by molar-refractivity contribution is 7.16. The first-order valence-electron chi connectivity index (χ1n) is 9.32. The minimum Gasteiger partial charge on any atom is -0.507 e. The highest BCUT2D eigenvalue weighted by Crippen LogP contribution is 2.44. The topological polar surface area (TPSA) is 92.6 Å². The molecule has 3 heterocycles. The fourth-order valence-corrected chi connectivity index (χ4v) is 4.56. The number of pyridine rings is 1. The van der Waals surface area contributed by atoms with E-state index in [1.54, 1.807) is 36.7 Å². The van der Waals surface area contributed by atoms with Crippen LogP contribution in [-0.2, 0) is 9.59 Å². The van der Waals surface area contributed by atoms with E-state index in [0.29, 0.717) is 21.5 Å². The third kappa shape index (κ3) is 3.58. The number of anilines is 1. The second kappa shape index (κ2) is 8.13. The molecule has 0 aliphatic carbocycles. The Bertz CT molecular complexity index is 1200. The number of aliphatic hydroxyl groups excluding tert-OH is 1. The second-order valence-corrected chi connectivity index (χ2v) is 8.56. The number of halogens is 1. The number of aryl methyl sites for hydroxylation is 2. The fourth-order valence-electron chi connectivity index (χ4n) is 3.45. The number of hydrogen-bond acceptors (Lipinski definition) is 7. The fraction of sp³-hybridized carbons (Fsp3) is 0.182. The van der Waals surface area contributed by atoms with Gasteiger partial charge in [-0.3, -0.25) is 19.5 Å². The summed E-state index contributed by atoms with van der Waals surface area (Å²) in [5.74, 6) is -1.65. The Morgan fingerprint density at radius 1 is 1.26 bits per heavy atom. The average Bonchev–Trinajstić information content (AvgIpc) is 3.23. The van der Waals surface area contributed by atoms with E-state index < -0.39 is 17.7 Å². The van der Waals surface area contributed by atoms with E-state index in [0.717, 1.165) is 10.6 Å². The molecule has 1 amide bonds. The van der Waals surface area contributed by atoms with Crippen molar-refractivity contribution in [1.29, 1.82) is 0 Å². The van der Waals surface area contributed by atoms with Gasteiger partial charge in [0, 0.05) is 22.3 Å². The molecular weight excluding hydrogens is 438 g/mol. The molecule has 158 valence electrons. The van der Waals surface area contributed by atoms with Crippen LogP contribution < -0.4 is 9.64 Å². The third-order valence-corrected chi connectivity index (χ3v) is 6.39. The monoisotopic (exact) mass is 455 g/mol. The lowest BCUT2D eigenvalue weighted by Gasteiger charge is -2.22. The SMILES string of the molecule is COc1ccc(Cl)cc1/C(O)=C1\C(=O)C(=O)N(c2nc(C)c(C)s2)[C@H]1c1cccnc1. The number of ether oxygens (including phenoxy) is 1. The quantitative estimate of drug-likeness (QED) is 0.355. The molecule has 31 heavy (non-hydrogen) atoms. The van der Waals surface area contributed by atoms with Gasteiger partial charge < -0.3 is 9.84 Å². The number of aliphatic hydroxyl groups is 1. The molecule has 3 aromatic rings. The summed E-state index contributed by atoms with van der Waals surface area (Å²) in [5.41, 5.74) is 1.47. The number of amides is 1. The maximum absolute atomic E-state index is 13.1. The Hall–Kier alpha value is -3.23. The number of benzene rings is 1. The Kier molecular flexibility index (Phi) is 5.51. The van der Waals surface area contributed by atoms with Gasteiger partial charge in [0.1, 0.15) is 11.5 Å². The highest BCUT2D eigenvalue weighted by atomic mass is 35.5. The zero-order chi connectivity index (χ0) is 22.3. The number of thiazole rings is 1. The molecule has 1 atom stereocenters. The van der Waals surface area contributed by atoms with E-state index in [4.69, 9.17) is 16.3 Å². The van der Waals surface area contributed by atoms with Crippen LogP contribution in [0.25, 0.3) is 5.76 Å². The predicted octanol–water partition coefficient (Wildman–Crippen LogP) is 4.44. The number of nitrogens with zero attached hydrogens (tertiary/aromatic N) is 3. The largest absolute Gasteiger partial charge is 0.507 e. The van der Waals surface area contributed by atoms with Crippen LogP contribution in [0.1, 0.15) is 27.7 Å². The molecule has 0 saturated carbocycles. The van der Waals surface area contributed by atoms with Crippen molar-refractivity contribution < 1.29 is 19.4 Å². The van der Waals surface area contributed by atoms with Crippen LogP contribution in [0.5, 0.6) is 5.75 Å². The minimum absolute atomic E-state index is 0.0796. The van der Waals surface area contributed by atoms with Crippen molar-refractivity contribution in [2.75, 3.05) is 12.0 Å². The summed E-state index contributed by atoms with van der Waals surface area (Å²) in [4.78, 5) is 37.1. The van der Waals surface area contributed by atoms with Crippen LogP contribution in [0.2, 0.25) is 5.02 Å². The number of methoxy groups -OCH3 is 1. The van der Waals surface area contributed by atoms with Crippen LogP contribution in [-0.4, -0.2) is 33.9 Å². The van der Waals surface area contributed by atoms with Crippen molar-refractivity contribution >= 4 is 45.5 Å². The van der Waals surface area contributed by atoms with Crippen molar-refractivity contribution in [1.82, 2.24) is 9.97 Å². The first-order chi connectivity index (χ1) is 14.8. The van der Waals surface area contributed by atoms with Gasteiger partial charge in [0.2, 0.25) is 0 Å². The molecule has 0 radical (unpaired) electrons. The van der Waals surface area contributed by atoms with Crippen molar-refractivity contribution in [2.45, 2.75) is 19.9 Å². The zero-order valence-corrected chi connectivity index (χ0v) is 18.5. The molecule has 4 rings (SSSR count). The maximum atomic E-state index is 13.1. The van der Waals surface area contributed by atoms with E-state index in [2.05, 4.69) is 9.97 Å². The average molecular weight is 456 g/mol. The van der Waals surface area contributed by atoms with E-state index in [9.17, 15) is 14.7 Å². The molecule has 7 nitrogen and oxygen atoms in total. The van der Waals surface area contributed by atoms with Gasteiger partial charge in [0.15, 0.2) is 5.13 Å². The molecule has 0 bridgehead atoms. The molecule has 1 saturated heterocycles. The Balaban J connectivity index is 1.98. The molecule has 2 aromatic heterocycles. The normalized spacial score (nSPS) is 17.9. The number of hydrogen-bond donors (Lipinski definition) is 1. The number of carbonyl (C=O) groups is 2. The van der Waals surface area contributed by atoms with Crippen LogP contribution >= 0.6 is 22.9 Å². The molecule has 9 heteroatoms. The summed E-state index contributed by atoms with van der Waals surface area (Å²) in [6.45, 7) is 3.73. The lowest BCUT2D eigenvalue weighted by molar-refractivity contribution is -0.132. The lowest BCUT2D eigenvalue weighted by Crippen LogP contribution is -2.29. The second-order valence-electron chi connectivity index (χ2n) is 6.94. The number of ketones is 1. The van der Waals surface area contributed by atoms with Gasteiger partial charge >= 0.3 is 5.91 Å². The van der Waals surface area contributed by atoms with Gasteiger partial charge in [-0.05, 0) is 43.7 Å². The Morgan fingerprint density at radius 2 is 2.03 bits per heavy atom. The summed E-state index contributed by atoms with van der Waals surface area (Å²) in [5, 5.41) is 11.9. The first-order valence-corrected chi connectivity index (χ1v) is 10.5. The smallest absolute Gasteiger partial charge is 0.301 e. The molecule has 1 aliphatic heterocycles. The molecule has 1 fully saturated rings. The summed E-state index contributed by atoms with van der Waals surface area (Å²) < 4.78 is 5.33. The summed E-state index contributed by atoms with van der Waals surface area (Å²) in [6.07, 6.45) is 3.15. The van der Waals surface area contributed by atoms with Gasteiger partial charge in [0.25, 0.3) is 5.78 Å². The molecule has 1 aromatic carbocycles. The van der Waals surface area contributed by atoms with Crippen LogP contribution in [0.15, 0.2) is 48.3 Å². The highest BCUT2D eigenvalue weighted by Gasteiger charge is 2.48. The van der Waals surface area contributed by atoms with Crippen molar-refractivity contribution in [3.8, 4) is 5.75 Å².